The van der Waals surface area contributed by atoms with Crippen molar-refractivity contribution in [3.05, 3.63) is 4.88 Å². The molecule has 3 N–H and O–H groups in total. The van der Waals surface area contributed by atoms with Gasteiger partial charge in [-0.25, -0.2) is 4.98 Å². The van der Waals surface area contributed by atoms with E-state index in [9.17, 15) is 4.79 Å². The van der Waals surface area contributed by atoms with Gasteiger partial charge in [-0.05, 0) is 25.2 Å². The van der Waals surface area contributed by atoms with Crippen LogP contribution in [-0.4, -0.2) is 35.4 Å². The topological polar surface area (TPSA) is 71.2 Å². The highest BCUT2D eigenvalue weighted by atomic mass is 32.1. The van der Waals surface area contributed by atoms with Crippen molar-refractivity contribution >= 4 is 28.2 Å². The number of nitrogens with zero attached hydrogens (tertiary/aromatic N) is 2. The van der Waals surface area contributed by atoms with Gasteiger partial charge in [0.2, 0.25) is 0 Å². The average molecular weight is 310 g/mol. The van der Waals surface area contributed by atoms with Crippen LogP contribution in [0.1, 0.15) is 55.6 Å². The molecule has 21 heavy (non-hydrogen) atoms. The van der Waals surface area contributed by atoms with Crippen molar-refractivity contribution in [2.75, 3.05) is 24.6 Å². The van der Waals surface area contributed by atoms with Crippen LogP contribution in [0.25, 0.3) is 0 Å². The van der Waals surface area contributed by atoms with Gasteiger partial charge in [0.25, 0.3) is 5.91 Å². The Morgan fingerprint density at radius 3 is 2.86 bits per heavy atom. The first-order chi connectivity index (χ1) is 10.0. The van der Waals surface area contributed by atoms with Gasteiger partial charge in [-0.3, -0.25) is 4.79 Å². The van der Waals surface area contributed by atoms with E-state index in [0.29, 0.717) is 22.7 Å². The summed E-state index contributed by atoms with van der Waals surface area (Å²) in [5.41, 5.74) is 5.93. The number of hydrogen-bond acceptors (Lipinski definition) is 5. The van der Waals surface area contributed by atoms with E-state index in [4.69, 9.17) is 5.73 Å². The van der Waals surface area contributed by atoms with Crippen LogP contribution in [0.15, 0.2) is 0 Å². The summed E-state index contributed by atoms with van der Waals surface area (Å²) < 4.78 is 0. The lowest BCUT2D eigenvalue weighted by molar-refractivity contribution is 0.0634. The zero-order valence-electron chi connectivity index (χ0n) is 13.2. The minimum atomic E-state index is 0.00768. The number of nitrogens with two attached hydrogens (primary N) is 1. The molecule has 2 rings (SSSR count). The lowest BCUT2D eigenvalue weighted by Gasteiger charge is -2.36. The number of amides is 1. The Morgan fingerprint density at radius 2 is 2.19 bits per heavy atom. The quantitative estimate of drug-likeness (QED) is 0.876. The number of aromatic nitrogens is 1. The van der Waals surface area contributed by atoms with Crippen molar-refractivity contribution in [3.63, 3.8) is 0 Å². The summed E-state index contributed by atoms with van der Waals surface area (Å²) in [6.45, 7) is 5.17. The lowest BCUT2D eigenvalue weighted by Crippen LogP contribution is -2.42. The van der Waals surface area contributed by atoms with E-state index in [2.05, 4.69) is 24.1 Å². The molecule has 0 spiro atoms. The zero-order valence-corrected chi connectivity index (χ0v) is 14.0. The van der Waals surface area contributed by atoms with Gasteiger partial charge in [0, 0.05) is 19.6 Å². The molecule has 1 saturated carbocycles. The third-order valence-electron chi connectivity index (χ3n) is 4.26. The maximum absolute atomic E-state index is 12.7. The van der Waals surface area contributed by atoms with E-state index < -0.39 is 0 Å². The normalized spacial score (nSPS) is 22.0. The summed E-state index contributed by atoms with van der Waals surface area (Å²) in [6.07, 6.45) is 5.77. The van der Waals surface area contributed by atoms with Gasteiger partial charge in [0.15, 0.2) is 5.13 Å². The highest BCUT2D eigenvalue weighted by Crippen LogP contribution is 2.31. The Balaban J connectivity index is 2.09. The number of carbonyl (C=O) groups excluding carboxylic acids is 1. The molecule has 1 fully saturated rings. The molecular formula is C15H26N4OS. The number of nitrogen functional groups attached to an aromatic ring is 1. The van der Waals surface area contributed by atoms with E-state index in [-0.39, 0.29) is 5.91 Å². The second-order valence-electron chi connectivity index (χ2n) is 5.91. The summed E-state index contributed by atoms with van der Waals surface area (Å²) in [7, 11) is 1.90. The first kappa shape index (κ1) is 16.1. The Bertz CT molecular complexity index is 488. The SMILES string of the molecule is CCCNc1nc(N)c(C(=O)N(C)C2CCCCC2C)s1. The van der Waals surface area contributed by atoms with Gasteiger partial charge in [0.1, 0.15) is 10.7 Å². The highest BCUT2D eigenvalue weighted by Gasteiger charge is 2.30. The number of carbonyl (C=O) groups is 1. The van der Waals surface area contributed by atoms with Crippen LogP contribution in [0.4, 0.5) is 10.9 Å². The Labute approximate surface area is 130 Å². The Morgan fingerprint density at radius 1 is 1.48 bits per heavy atom. The molecule has 0 radical (unpaired) electrons. The van der Waals surface area contributed by atoms with E-state index in [0.717, 1.165) is 24.5 Å². The van der Waals surface area contributed by atoms with E-state index in [1.54, 1.807) is 0 Å². The molecule has 1 amide bonds. The smallest absolute Gasteiger partial charge is 0.267 e. The largest absolute Gasteiger partial charge is 0.382 e. The molecule has 0 aliphatic heterocycles. The molecule has 2 unspecified atom stereocenters. The molecule has 2 atom stereocenters. The van der Waals surface area contributed by atoms with Crippen LogP contribution in [0.2, 0.25) is 0 Å². The van der Waals surface area contributed by atoms with E-state index in [1.807, 2.05) is 11.9 Å². The summed E-state index contributed by atoms with van der Waals surface area (Å²) in [4.78, 5) is 19.4. The lowest BCUT2D eigenvalue weighted by atomic mass is 9.85. The minimum Gasteiger partial charge on any atom is -0.382 e. The first-order valence-corrected chi connectivity index (χ1v) is 8.63. The fourth-order valence-electron chi connectivity index (χ4n) is 2.98. The second kappa shape index (κ2) is 7.11. The summed E-state index contributed by atoms with van der Waals surface area (Å²) >= 11 is 1.36. The molecule has 118 valence electrons. The number of rotatable bonds is 5. The van der Waals surface area contributed by atoms with Crippen LogP contribution < -0.4 is 11.1 Å². The van der Waals surface area contributed by atoms with Gasteiger partial charge in [-0.15, -0.1) is 0 Å². The zero-order chi connectivity index (χ0) is 15.4. The van der Waals surface area contributed by atoms with Gasteiger partial charge in [-0.2, -0.15) is 0 Å². The van der Waals surface area contributed by atoms with Crippen LogP contribution in [0, 0.1) is 5.92 Å². The van der Waals surface area contributed by atoms with Gasteiger partial charge < -0.3 is 16.0 Å². The fourth-order valence-corrected chi connectivity index (χ4v) is 3.87. The average Bonchev–Trinajstić information content (AvgIpc) is 2.85. The van der Waals surface area contributed by atoms with Gasteiger partial charge in [0.05, 0.1) is 0 Å². The van der Waals surface area contributed by atoms with Crippen molar-refractivity contribution in [2.24, 2.45) is 5.92 Å². The molecule has 1 aliphatic rings. The number of hydrogen-bond donors (Lipinski definition) is 2. The Kier molecular flexibility index (Phi) is 5.45. The standard InChI is InChI=1S/C15H26N4OS/c1-4-9-17-15-18-13(16)12(21-15)14(20)19(3)11-8-6-5-7-10(11)2/h10-11H,4-9,16H2,1-3H3,(H,17,18). The monoisotopic (exact) mass is 310 g/mol. The Hall–Kier alpha value is -1.30. The van der Waals surface area contributed by atoms with Crippen molar-refractivity contribution in [3.8, 4) is 0 Å². The minimum absolute atomic E-state index is 0.00768. The first-order valence-electron chi connectivity index (χ1n) is 7.82. The van der Waals surface area contributed by atoms with Crippen LogP contribution >= 0.6 is 11.3 Å². The summed E-state index contributed by atoms with van der Waals surface area (Å²) in [5.74, 6) is 0.909. The maximum Gasteiger partial charge on any atom is 0.267 e. The van der Waals surface area contributed by atoms with Crippen LogP contribution in [0.3, 0.4) is 0 Å². The summed E-state index contributed by atoms with van der Waals surface area (Å²) in [6, 6.07) is 0.319. The third kappa shape index (κ3) is 3.67. The second-order valence-corrected chi connectivity index (χ2v) is 6.90. The highest BCUT2D eigenvalue weighted by molar-refractivity contribution is 7.18. The maximum atomic E-state index is 12.7. The van der Waals surface area contributed by atoms with Crippen molar-refractivity contribution in [1.29, 1.82) is 0 Å². The molecule has 1 heterocycles. The molecule has 5 nitrogen and oxygen atoms in total. The fraction of sp³-hybridized carbons (Fsp3) is 0.733. The number of nitrogens with one attached hydrogen (secondary N) is 1. The number of anilines is 2. The van der Waals surface area contributed by atoms with E-state index in [1.165, 1.54) is 30.6 Å². The molecular weight excluding hydrogens is 284 g/mol. The molecule has 1 aliphatic carbocycles. The van der Waals surface area contributed by atoms with Crippen LogP contribution in [0.5, 0.6) is 0 Å². The molecule has 1 aromatic heterocycles. The van der Waals surface area contributed by atoms with Crippen molar-refractivity contribution < 1.29 is 4.79 Å². The molecule has 6 heteroatoms. The van der Waals surface area contributed by atoms with Crippen molar-refractivity contribution in [1.82, 2.24) is 9.88 Å². The molecule has 0 aromatic carbocycles. The molecule has 0 saturated heterocycles. The number of thiazole rings is 1. The molecule has 0 bridgehead atoms. The predicted molar refractivity (Wildman–Crippen MR) is 88.8 cm³/mol. The van der Waals surface area contributed by atoms with Gasteiger partial charge >= 0.3 is 0 Å². The summed E-state index contributed by atoms with van der Waals surface area (Å²) in [5, 5.41) is 3.93. The van der Waals surface area contributed by atoms with Crippen LogP contribution in [-0.2, 0) is 0 Å². The van der Waals surface area contributed by atoms with Crippen molar-refractivity contribution in [2.45, 2.75) is 52.0 Å². The molecule has 1 aromatic rings. The van der Waals surface area contributed by atoms with Gasteiger partial charge in [-0.1, -0.05) is 38.0 Å². The predicted octanol–water partition coefficient (Wildman–Crippen LogP) is 3.20. The van der Waals surface area contributed by atoms with E-state index >= 15 is 0 Å². The third-order valence-corrected chi connectivity index (χ3v) is 5.27.